The van der Waals surface area contributed by atoms with Gasteiger partial charge in [-0.1, -0.05) is 18.5 Å². The monoisotopic (exact) mass is 587 g/mol. The van der Waals surface area contributed by atoms with Crippen LogP contribution in [0.5, 0.6) is 0 Å². The van der Waals surface area contributed by atoms with E-state index in [1.165, 1.54) is 19.1 Å². The Kier molecular flexibility index (Phi) is 8.06. The Hall–Kier alpha value is -2.67. The third-order valence-electron chi connectivity index (χ3n) is 7.90. The molecule has 39 heavy (non-hydrogen) atoms. The molecule has 2 aliphatic carbocycles. The Morgan fingerprint density at radius 3 is 2.38 bits per heavy atom. The maximum atomic E-state index is 13.7. The molecule has 8 nitrogen and oxygen atoms in total. The summed E-state index contributed by atoms with van der Waals surface area (Å²) in [6.45, 7) is 3.41. The molecule has 1 unspecified atom stereocenters. The van der Waals surface area contributed by atoms with Crippen molar-refractivity contribution >= 4 is 38.9 Å². The van der Waals surface area contributed by atoms with Crippen LogP contribution in [-0.4, -0.2) is 48.8 Å². The van der Waals surface area contributed by atoms with Gasteiger partial charge in [-0.2, -0.15) is 0 Å². The van der Waals surface area contributed by atoms with Crippen molar-refractivity contribution < 1.29 is 36.3 Å². The molecule has 2 amide bonds. The number of hydrogen-bond acceptors (Lipinski definition) is 6. The Labute approximate surface area is 229 Å². The average molecular weight is 588 g/mol. The van der Waals surface area contributed by atoms with E-state index in [1.54, 1.807) is 0 Å². The lowest BCUT2D eigenvalue weighted by atomic mass is 9.73. The molecule has 2 aromatic carbocycles. The molecular formula is C26H29ClF3N3O5S. The predicted molar refractivity (Wildman–Crippen MR) is 138 cm³/mol. The molecule has 0 spiro atoms. The highest BCUT2D eigenvalue weighted by molar-refractivity contribution is 7.92. The highest BCUT2D eigenvalue weighted by atomic mass is 35.5. The van der Waals surface area contributed by atoms with E-state index < -0.39 is 67.8 Å². The molecule has 13 heteroatoms. The van der Waals surface area contributed by atoms with Gasteiger partial charge in [0.05, 0.1) is 26.8 Å². The maximum Gasteiger partial charge on any atom is 0.255 e. The minimum atomic E-state index is -4.08. The summed E-state index contributed by atoms with van der Waals surface area (Å²) in [5.41, 5.74) is 3.80. The molecule has 212 valence electrons. The number of sulfone groups is 1. The topological polar surface area (TPSA) is 139 Å². The molecule has 0 radical (unpaired) electrons. The first kappa shape index (κ1) is 29.3. The molecular weight excluding hydrogens is 559 g/mol. The maximum absolute atomic E-state index is 13.7. The number of nitrogens with one attached hydrogen (secondary N) is 2. The number of fused-ring (bicyclic) bond motifs is 2. The smallest absolute Gasteiger partial charge is 0.255 e. The predicted octanol–water partition coefficient (Wildman–Crippen LogP) is 3.41. The summed E-state index contributed by atoms with van der Waals surface area (Å²) in [5.74, 6) is -6.82. The zero-order valence-corrected chi connectivity index (χ0v) is 22.8. The average Bonchev–Trinajstić information content (AvgIpc) is 2.98. The van der Waals surface area contributed by atoms with Gasteiger partial charge in [-0.05, 0) is 62.1 Å². The first-order valence-corrected chi connectivity index (χ1v) is 14.3. The quantitative estimate of drug-likeness (QED) is 0.366. The van der Waals surface area contributed by atoms with Gasteiger partial charge in [-0.3, -0.25) is 9.59 Å². The number of rotatable bonds is 7. The van der Waals surface area contributed by atoms with E-state index in [1.807, 2.05) is 6.92 Å². The second kappa shape index (κ2) is 10.7. The number of halogens is 4. The highest BCUT2D eigenvalue weighted by Gasteiger charge is 2.58. The lowest BCUT2D eigenvalue weighted by Crippen LogP contribution is -2.56. The van der Waals surface area contributed by atoms with Crippen molar-refractivity contribution in [3.05, 3.63) is 58.4 Å². The van der Waals surface area contributed by atoms with Crippen LogP contribution in [0.15, 0.2) is 35.2 Å². The molecule has 2 saturated carbocycles. The summed E-state index contributed by atoms with van der Waals surface area (Å²) in [7, 11) is -4.08. The van der Waals surface area contributed by atoms with Gasteiger partial charge in [-0.15, -0.1) is 0 Å². The third kappa shape index (κ3) is 5.52. The van der Waals surface area contributed by atoms with Crippen LogP contribution >= 0.6 is 11.6 Å². The Morgan fingerprint density at radius 1 is 1.15 bits per heavy atom. The summed E-state index contributed by atoms with van der Waals surface area (Å²) in [5, 5.41) is 15.3. The zero-order chi connectivity index (χ0) is 28.9. The van der Waals surface area contributed by atoms with Crippen molar-refractivity contribution in [1.82, 2.24) is 5.32 Å². The number of benzene rings is 2. The highest BCUT2D eigenvalue weighted by Crippen LogP contribution is 2.54. The Bertz CT molecular complexity index is 1400. The zero-order valence-electron chi connectivity index (χ0n) is 21.2. The Balaban J connectivity index is 1.56. The van der Waals surface area contributed by atoms with Crippen LogP contribution < -0.4 is 16.4 Å². The van der Waals surface area contributed by atoms with Gasteiger partial charge in [0, 0.05) is 29.9 Å². The summed E-state index contributed by atoms with van der Waals surface area (Å²) in [6.07, 6.45) is 0.808. The molecule has 2 bridgehead atoms. The molecule has 2 aromatic rings. The molecule has 2 fully saturated rings. The van der Waals surface area contributed by atoms with E-state index in [0.717, 1.165) is 6.07 Å². The van der Waals surface area contributed by atoms with Gasteiger partial charge in [0.25, 0.3) is 5.91 Å². The summed E-state index contributed by atoms with van der Waals surface area (Å²) in [4.78, 5) is 24.4. The number of amides is 2. The number of carbonyl (C=O) groups is 2. The minimum absolute atomic E-state index is 0.00325. The van der Waals surface area contributed by atoms with E-state index in [9.17, 15) is 36.3 Å². The van der Waals surface area contributed by atoms with Gasteiger partial charge >= 0.3 is 0 Å². The molecule has 4 rings (SSSR count). The van der Waals surface area contributed by atoms with Crippen molar-refractivity contribution in [3.63, 3.8) is 0 Å². The SMILES string of the molecule is C[C@H](N)C(=O)NC[C@@]1(O)C2C[C@@H](S(=O)(=O)c3cc(C(=O)Nc4cc(F)c(F)c(F)c4)ccc3Cl)C[C@@H]1[C@@H](C)C2. The van der Waals surface area contributed by atoms with Gasteiger partial charge < -0.3 is 21.5 Å². The van der Waals surface area contributed by atoms with Crippen LogP contribution in [-0.2, 0) is 14.6 Å². The molecule has 0 aliphatic heterocycles. The summed E-state index contributed by atoms with van der Waals surface area (Å²) < 4.78 is 67.8. The summed E-state index contributed by atoms with van der Waals surface area (Å²) >= 11 is 6.25. The van der Waals surface area contributed by atoms with Gasteiger partial charge in [-0.25, -0.2) is 21.6 Å². The molecule has 0 saturated heterocycles. The van der Waals surface area contributed by atoms with E-state index in [2.05, 4.69) is 10.6 Å². The van der Waals surface area contributed by atoms with Gasteiger partial charge in [0.15, 0.2) is 27.3 Å². The molecule has 2 aliphatic rings. The van der Waals surface area contributed by atoms with Crippen molar-refractivity contribution in [3.8, 4) is 0 Å². The van der Waals surface area contributed by atoms with Crippen molar-refractivity contribution in [1.29, 1.82) is 0 Å². The van der Waals surface area contributed by atoms with Gasteiger partial charge in [0.1, 0.15) is 0 Å². The van der Waals surface area contributed by atoms with Crippen molar-refractivity contribution in [2.45, 2.75) is 54.9 Å². The first-order valence-electron chi connectivity index (χ1n) is 12.4. The third-order valence-corrected chi connectivity index (χ3v) is 10.6. The van der Waals surface area contributed by atoms with Crippen LogP contribution in [0.4, 0.5) is 18.9 Å². The van der Waals surface area contributed by atoms with Crippen molar-refractivity contribution in [2.24, 2.45) is 23.5 Å². The van der Waals surface area contributed by atoms with Crippen LogP contribution in [0, 0.1) is 35.2 Å². The number of aliphatic hydroxyl groups is 1. The number of anilines is 1. The van der Waals surface area contributed by atoms with E-state index >= 15 is 0 Å². The largest absolute Gasteiger partial charge is 0.387 e. The lowest BCUT2D eigenvalue weighted by molar-refractivity contribution is -0.125. The van der Waals surface area contributed by atoms with Gasteiger partial charge in [0.2, 0.25) is 5.91 Å². The van der Waals surface area contributed by atoms with Crippen molar-refractivity contribution in [2.75, 3.05) is 11.9 Å². The van der Waals surface area contributed by atoms with E-state index in [4.69, 9.17) is 17.3 Å². The minimum Gasteiger partial charge on any atom is -0.387 e. The van der Waals surface area contributed by atoms with Crippen LogP contribution in [0.3, 0.4) is 0 Å². The van der Waals surface area contributed by atoms with Crippen LogP contribution in [0.2, 0.25) is 5.02 Å². The lowest BCUT2D eigenvalue weighted by Gasteiger charge is -2.43. The number of carbonyl (C=O) groups excluding carboxylic acids is 2. The molecule has 0 heterocycles. The second-order valence-electron chi connectivity index (χ2n) is 10.5. The molecule has 5 N–H and O–H groups in total. The normalized spacial score (nSPS) is 27.2. The van der Waals surface area contributed by atoms with E-state index in [-0.39, 0.29) is 46.5 Å². The first-order chi connectivity index (χ1) is 18.1. The molecule has 0 aromatic heterocycles. The van der Waals surface area contributed by atoms with E-state index in [0.29, 0.717) is 18.6 Å². The van der Waals surface area contributed by atoms with Crippen LogP contribution in [0.1, 0.15) is 43.5 Å². The standard InChI is InChI=1S/C26H29ClF3N3O5S/c1-12-5-15-7-17(10-18(12)26(15,36)11-32-24(34)13(2)31)39(37,38)22-6-14(3-4-19(22)27)25(35)33-16-8-20(28)23(30)21(29)9-16/h3-4,6,8-9,12-13,15,17-18,36H,5,7,10-11,31H2,1-2H3,(H,32,34)(H,33,35)/t12-,13-,15?,17+,18+,26+/m0/s1. The Morgan fingerprint density at radius 2 is 1.79 bits per heavy atom. The number of hydrogen-bond donors (Lipinski definition) is 4. The summed E-state index contributed by atoms with van der Waals surface area (Å²) in [6, 6.07) is 4.00. The fourth-order valence-electron chi connectivity index (χ4n) is 5.84. The van der Waals surface area contributed by atoms with Crippen LogP contribution in [0.25, 0.3) is 0 Å². The fraction of sp³-hybridized carbons (Fsp3) is 0.462. The fourth-order valence-corrected chi connectivity index (χ4v) is 8.21. The molecule has 6 atom stereocenters. The second-order valence-corrected chi connectivity index (χ2v) is 13.1. The number of nitrogens with two attached hydrogens (primary N) is 1.